The third-order valence-corrected chi connectivity index (χ3v) is 5.28. The predicted octanol–water partition coefficient (Wildman–Crippen LogP) is -2.01. The van der Waals surface area contributed by atoms with Crippen molar-refractivity contribution in [1.82, 2.24) is 16.0 Å². The van der Waals surface area contributed by atoms with Crippen LogP contribution in [0.2, 0.25) is 0 Å². The zero-order valence-corrected chi connectivity index (χ0v) is 20.4. The van der Waals surface area contributed by atoms with E-state index in [4.69, 9.17) is 17.2 Å². The van der Waals surface area contributed by atoms with Gasteiger partial charge in [0.2, 0.25) is 17.7 Å². The van der Waals surface area contributed by atoms with Crippen LogP contribution in [0.3, 0.4) is 0 Å². The molecule has 13 heteroatoms. The Labute approximate surface area is 200 Å². The molecule has 0 aromatic rings. The number of carbonyl (C=O) groups is 4. The molecule has 0 radical (unpaired) electrons. The molecule has 0 aliphatic rings. The topological polar surface area (TPSA) is 235 Å². The van der Waals surface area contributed by atoms with Crippen LogP contribution in [0.4, 0.5) is 0 Å². The number of hydrogen-bond donors (Lipinski definition) is 8. The van der Waals surface area contributed by atoms with Crippen LogP contribution in [0.15, 0.2) is 4.99 Å². The molecule has 5 unspecified atom stereocenters. The van der Waals surface area contributed by atoms with Gasteiger partial charge in [-0.2, -0.15) is 0 Å². The summed E-state index contributed by atoms with van der Waals surface area (Å²) in [6.07, 6.45) is 1.24. The summed E-state index contributed by atoms with van der Waals surface area (Å²) in [6, 6.07) is -4.48. The van der Waals surface area contributed by atoms with E-state index in [1.54, 1.807) is 6.92 Å². The zero-order valence-electron chi connectivity index (χ0n) is 20.4. The van der Waals surface area contributed by atoms with Crippen molar-refractivity contribution < 1.29 is 29.4 Å². The molecule has 0 saturated heterocycles. The van der Waals surface area contributed by atoms with Crippen LogP contribution in [0.5, 0.6) is 0 Å². The van der Waals surface area contributed by atoms with Crippen molar-refractivity contribution >= 4 is 29.7 Å². The molecule has 0 aromatic heterocycles. The van der Waals surface area contributed by atoms with Crippen LogP contribution < -0.4 is 33.2 Å². The van der Waals surface area contributed by atoms with Gasteiger partial charge >= 0.3 is 5.97 Å². The third-order valence-electron chi connectivity index (χ3n) is 5.28. The molecule has 0 aromatic carbocycles. The van der Waals surface area contributed by atoms with Crippen molar-refractivity contribution in [2.45, 2.75) is 77.5 Å². The largest absolute Gasteiger partial charge is 0.480 e. The van der Waals surface area contributed by atoms with Gasteiger partial charge in [0.15, 0.2) is 5.96 Å². The van der Waals surface area contributed by atoms with Gasteiger partial charge in [-0.3, -0.25) is 19.4 Å². The SMILES string of the molecule is CCC(C)C(N)C(=O)NC(CO)C(=O)NC(CC(C)C)C(=O)NC(CCCN=C(N)N)C(=O)O. The average Bonchev–Trinajstić information content (AvgIpc) is 2.76. The highest BCUT2D eigenvalue weighted by atomic mass is 16.4. The molecule has 11 N–H and O–H groups in total. The maximum absolute atomic E-state index is 12.8. The van der Waals surface area contributed by atoms with Gasteiger partial charge in [-0.05, 0) is 31.1 Å². The van der Waals surface area contributed by atoms with Crippen LogP contribution in [0.25, 0.3) is 0 Å². The maximum atomic E-state index is 12.8. The van der Waals surface area contributed by atoms with E-state index in [9.17, 15) is 29.4 Å². The molecule has 34 heavy (non-hydrogen) atoms. The highest BCUT2D eigenvalue weighted by Gasteiger charge is 2.31. The van der Waals surface area contributed by atoms with Crippen LogP contribution in [0, 0.1) is 11.8 Å². The van der Waals surface area contributed by atoms with E-state index >= 15 is 0 Å². The molecular formula is C21H41N7O6. The lowest BCUT2D eigenvalue weighted by atomic mass is 9.99. The Hall–Kier alpha value is -2.93. The van der Waals surface area contributed by atoms with E-state index < -0.39 is 54.5 Å². The van der Waals surface area contributed by atoms with Crippen LogP contribution in [0.1, 0.15) is 53.4 Å². The standard InChI is InChI=1S/C21H41N7O6/c1-5-12(4)16(22)19(32)28-15(10-29)18(31)27-14(9-11(2)3)17(30)26-13(20(33)34)7-6-8-25-21(23)24/h11-16,29H,5-10,22H2,1-4H3,(H,26,30)(H,27,31)(H,28,32)(H,33,34)(H4,23,24,25). The minimum absolute atomic E-state index is 0.0258. The van der Waals surface area contributed by atoms with E-state index in [2.05, 4.69) is 20.9 Å². The fourth-order valence-corrected chi connectivity index (χ4v) is 2.98. The first-order chi connectivity index (χ1) is 15.8. The fraction of sp³-hybridized carbons (Fsp3) is 0.762. The van der Waals surface area contributed by atoms with Gasteiger partial charge in [0.25, 0.3) is 0 Å². The number of carboxylic acids is 1. The van der Waals surface area contributed by atoms with Crippen molar-refractivity contribution in [3.8, 4) is 0 Å². The summed E-state index contributed by atoms with van der Waals surface area (Å²) in [5.41, 5.74) is 16.3. The number of carboxylic acid groups (broad SMARTS) is 1. The predicted molar refractivity (Wildman–Crippen MR) is 127 cm³/mol. The molecule has 0 spiro atoms. The van der Waals surface area contributed by atoms with Crippen LogP contribution in [-0.2, 0) is 19.2 Å². The molecule has 0 aliphatic carbocycles. The second kappa shape index (κ2) is 15.8. The number of aliphatic imine (C=N–C) groups is 1. The number of guanidine groups is 1. The van der Waals surface area contributed by atoms with Crippen molar-refractivity contribution in [3.63, 3.8) is 0 Å². The van der Waals surface area contributed by atoms with Crippen molar-refractivity contribution in [1.29, 1.82) is 0 Å². The minimum atomic E-state index is -1.32. The van der Waals surface area contributed by atoms with Crippen LogP contribution in [-0.4, -0.2) is 77.2 Å². The molecule has 0 heterocycles. The lowest BCUT2D eigenvalue weighted by Crippen LogP contribution is -2.58. The maximum Gasteiger partial charge on any atom is 0.326 e. The Balaban J connectivity index is 5.27. The van der Waals surface area contributed by atoms with E-state index in [1.165, 1.54) is 0 Å². The second-order valence-corrected chi connectivity index (χ2v) is 8.69. The molecule has 5 atom stereocenters. The van der Waals surface area contributed by atoms with Gasteiger partial charge < -0.3 is 43.4 Å². The summed E-state index contributed by atoms with van der Waals surface area (Å²) in [4.78, 5) is 53.2. The smallest absolute Gasteiger partial charge is 0.326 e. The number of aliphatic hydroxyl groups excluding tert-OH is 1. The number of hydrogen-bond acceptors (Lipinski definition) is 7. The normalized spacial score (nSPS) is 15.4. The van der Waals surface area contributed by atoms with Crippen molar-refractivity contribution in [3.05, 3.63) is 0 Å². The number of nitrogens with two attached hydrogens (primary N) is 3. The average molecular weight is 488 g/mol. The van der Waals surface area contributed by atoms with Crippen molar-refractivity contribution in [2.75, 3.05) is 13.2 Å². The van der Waals surface area contributed by atoms with E-state index in [1.807, 2.05) is 20.8 Å². The summed E-state index contributed by atoms with van der Waals surface area (Å²) in [7, 11) is 0. The Bertz CT molecular complexity index is 712. The Morgan fingerprint density at radius 1 is 0.912 bits per heavy atom. The number of aliphatic hydroxyl groups is 1. The summed E-state index contributed by atoms with van der Waals surface area (Å²) in [5, 5.41) is 26.4. The number of amides is 3. The fourth-order valence-electron chi connectivity index (χ4n) is 2.98. The molecule has 0 aliphatic heterocycles. The van der Waals surface area contributed by atoms with E-state index in [-0.39, 0.29) is 37.2 Å². The zero-order chi connectivity index (χ0) is 26.4. The number of aliphatic carboxylic acids is 1. The Kier molecular flexibility index (Phi) is 14.5. The van der Waals surface area contributed by atoms with Crippen molar-refractivity contribution in [2.24, 2.45) is 34.0 Å². The first-order valence-electron chi connectivity index (χ1n) is 11.4. The number of rotatable bonds is 16. The van der Waals surface area contributed by atoms with E-state index in [0.29, 0.717) is 12.8 Å². The molecule has 0 fully saturated rings. The second-order valence-electron chi connectivity index (χ2n) is 8.69. The summed E-state index contributed by atoms with van der Waals surface area (Å²) in [6.45, 7) is 6.81. The molecule has 0 bridgehead atoms. The van der Waals surface area contributed by atoms with Gasteiger partial charge in [0.1, 0.15) is 18.1 Å². The van der Waals surface area contributed by atoms with Crippen LogP contribution >= 0.6 is 0 Å². The minimum Gasteiger partial charge on any atom is -0.480 e. The quantitative estimate of drug-likeness (QED) is 0.0681. The van der Waals surface area contributed by atoms with Gasteiger partial charge in [0, 0.05) is 6.54 Å². The first-order valence-corrected chi connectivity index (χ1v) is 11.4. The molecule has 196 valence electrons. The van der Waals surface area contributed by atoms with Gasteiger partial charge in [-0.25, -0.2) is 4.79 Å². The summed E-state index contributed by atoms with van der Waals surface area (Å²) >= 11 is 0. The number of carbonyl (C=O) groups excluding carboxylic acids is 3. The van der Waals surface area contributed by atoms with Gasteiger partial charge in [-0.1, -0.05) is 34.1 Å². The monoisotopic (exact) mass is 487 g/mol. The Morgan fingerprint density at radius 3 is 1.91 bits per heavy atom. The number of nitrogens with one attached hydrogen (secondary N) is 3. The molecule has 3 amide bonds. The van der Waals surface area contributed by atoms with E-state index in [0.717, 1.165) is 0 Å². The number of nitrogens with zero attached hydrogens (tertiary/aromatic N) is 1. The van der Waals surface area contributed by atoms with Gasteiger partial charge in [0.05, 0.1) is 12.6 Å². The summed E-state index contributed by atoms with van der Waals surface area (Å²) in [5.74, 6) is -3.61. The lowest BCUT2D eigenvalue weighted by Gasteiger charge is -2.26. The Morgan fingerprint density at radius 2 is 1.44 bits per heavy atom. The summed E-state index contributed by atoms with van der Waals surface area (Å²) < 4.78 is 0. The molecule has 0 saturated carbocycles. The molecular weight excluding hydrogens is 446 g/mol. The third kappa shape index (κ3) is 11.8. The van der Waals surface area contributed by atoms with Gasteiger partial charge in [-0.15, -0.1) is 0 Å². The molecule has 0 rings (SSSR count). The lowest BCUT2D eigenvalue weighted by molar-refractivity contribution is -0.142. The highest BCUT2D eigenvalue weighted by molar-refractivity contribution is 5.94. The molecule has 13 nitrogen and oxygen atoms in total. The first kappa shape index (κ1) is 31.1. The highest BCUT2D eigenvalue weighted by Crippen LogP contribution is 2.08.